The Morgan fingerprint density at radius 3 is 2.48 bits per heavy atom. The number of amides is 1. The second-order valence-electron chi connectivity index (χ2n) is 8.37. The predicted molar refractivity (Wildman–Crippen MR) is 126 cm³/mol. The Kier molecular flexibility index (Phi) is 6.80. The standard InChI is InChI=1S/C23H29Cl2N5O/c1-15-12-26-21(17-3-4-17)13-27-22(14-29-7-9-30(10-8-29)16(2)31)23(28-15)19-6-5-18(24)11-20(19)25/h5-6,11-13,17,26-28H,3-4,7-10,14H2,1-2H3. The maximum Gasteiger partial charge on any atom is 0.219 e. The minimum absolute atomic E-state index is 0.138. The molecule has 1 aromatic rings. The van der Waals surface area contributed by atoms with Crippen molar-refractivity contribution in [2.45, 2.75) is 26.7 Å². The molecule has 0 bridgehead atoms. The van der Waals surface area contributed by atoms with Crippen LogP contribution in [0.25, 0.3) is 5.70 Å². The van der Waals surface area contributed by atoms with E-state index >= 15 is 0 Å². The molecule has 0 unspecified atom stereocenters. The van der Waals surface area contributed by atoms with Crippen molar-refractivity contribution in [1.29, 1.82) is 0 Å². The van der Waals surface area contributed by atoms with Crippen molar-refractivity contribution in [3.8, 4) is 0 Å². The number of nitrogens with zero attached hydrogens (tertiary/aromatic N) is 2. The van der Waals surface area contributed by atoms with Crippen LogP contribution < -0.4 is 16.0 Å². The third-order valence-electron chi connectivity index (χ3n) is 5.90. The Morgan fingerprint density at radius 1 is 1.10 bits per heavy atom. The summed E-state index contributed by atoms with van der Waals surface area (Å²) in [6, 6.07) is 5.58. The second kappa shape index (κ2) is 9.55. The van der Waals surface area contributed by atoms with Gasteiger partial charge in [-0.1, -0.05) is 23.2 Å². The first-order chi connectivity index (χ1) is 14.9. The maximum atomic E-state index is 11.7. The van der Waals surface area contributed by atoms with Crippen LogP contribution in [0.5, 0.6) is 0 Å². The number of hydrogen-bond acceptors (Lipinski definition) is 5. The highest BCUT2D eigenvalue weighted by Crippen LogP contribution is 2.35. The van der Waals surface area contributed by atoms with Gasteiger partial charge in [0.25, 0.3) is 0 Å². The average Bonchev–Trinajstić information content (AvgIpc) is 3.56. The number of piperazine rings is 1. The third kappa shape index (κ3) is 5.56. The molecule has 8 heteroatoms. The van der Waals surface area contributed by atoms with Gasteiger partial charge in [0, 0.05) is 79.9 Å². The van der Waals surface area contributed by atoms with Gasteiger partial charge in [-0.05, 0) is 38.0 Å². The quantitative estimate of drug-likeness (QED) is 0.637. The van der Waals surface area contributed by atoms with E-state index in [9.17, 15) is 4.79 Å². The Labute approximate surface area is 193 Å². The number of benzene rings is 1. The van der Waals surface area contributed by atoms with E-state index in [0.717, 1.165) is 55.4 Å². The second-order valence-corrected chi connectivity index (χ2v) is 9.22. The van der Waals surface area contributed by atoms with E-state index in [1.165, 1.54) is 18.5 Å². The topological polar surface area (TPSA) is 59.6 Å². The first-order valence-corrected chi connectivity index (χ1v) is 11.5. The number of halogens is 2. The van der Waals surface area contributed by atoms with Gasteiger partial charge in [0.1, 0.15) is 0 Å². The summed E-state index contributed by atoms with van der Waals surface area (Å²) in [7, 11) is 0. The minimum Gasteiger partial charge on any atom is -0.362 e. The van der Waals surface area contributed by atoms with Crippen LogP contribution in [-0.2, 0) is 4.79 Å². The molecule has 3 aliphatic rings. The molecule has 0 radical (unpaired) electrons. The normalized spacial score (nSPS) is 20.5. The zero-order valence-corrected chi connectivity index (χ0v) is 19.5. The highest BCUT2D eigenvalue weighted by molar-refractivity contribution is 6.35. The van der Waals surface area contributed by atoms with Gasteiger partial charge in [0.2, 0.25) is 5.91 Å². The molecule has 1 aliphatic carbocycles. The molecule has 0 aromatic heterocycles. The molecule has 6 nitrogen and oxygen atoms in total. The highest BCUT2D eigenvalue weighted by atomic mass is 35.5. The summed E-state index contributed by atoms with van der Waals surface area (Å²) in [6.07, 6.45) is 6.51. The predicted octanol–water partition coefficient (Wildman–Crippen LogP) is 3.72. The number of carbonyl (C=O) groups is 1. The lowest BCUT2D eigenvalue weighted by molar-refractivity contribution is -0.130. The van der Waals surface area contributed by atoms with Crippen molar-refractivity contribution in [3.63, 3.8) is 0 Å². The van der Waals surface area contributed by atoms with Crippen molar-refractivity contribution in [2.75, 3.05) is 32.7 Å². The lowest BCUT2D eigenvalue weighted by atomic mass is 10.1. The molecular weight excluding hydrogens is 433 g/mol. The fourth-order valence-electron chi connectivity index (χ4n) is 3.90. The molecule has 1 saturated heterocycles. The highest BCUT2D eigenvalue weighted by Gasteiger charge is 2.27. The monoisotopic (exact) mass is 461 g/mol. The molecule has 4 rings (SSSR count). The van der Waals surface area contributed by atoms with Gasteiger partial charge >= 0.3 is 0 Å². The van der Waals surface area contributed by atoms with Crippen molar-refractivity contribution < 1.29 is 4.79 Å². The van der Waals surface area contributed by atoms with Gasteiger partial charge in [-0.2, -0.15) is 0 Å². The number of allylic oxidation sites excluding steroid dienone is 2. The summed E-state index contributed by atoms with van der Waals surface area (Å²) < 4.78 is 0. The largest absolute Gasteiger partial charge is 0.362 e. The SMILES string of the molecule is CC(=O)N1CCN(CC2=C(c3ccc(Cl)cc3Cl)NC(C)=CNC(C3CC3)=CN2)CC1. The van der Waals surface area contributed by atoms with E-state index in [-0.39, 0.29) is 5.91 Å². The molecule has 0 atom stereocenters. The van der Waals surface area contributed by atoms with Crippen LogP contribution in [0.4, 0.5) is 0 Å². The van der Waals surface area contributed by atoms with Gasteiger partial charge < -0.3 is 20.9 Å². The number of rotatable bonds is 4. The average molecular weight is 462 g/mol. The molecule has 3 N–H and O–H groups in total. The molecule has 166 valence electrons. The Balaban J connectivity index is 1.67. The van der Waals surface area contributed by atoms with E-state index in [1.807, 2.05) is 30.2 Å². The number of nitrogens with one attached hydrogen (secondary N) is 3. The molecule has 2 aliphatic heterocycles. The molecule has 1 aromatic carbocycles. The van der Waals surface area contributed by atoms with Crippen LogP contribution in [0.15, 0.2) is 47.7 Å². The van der Waals surface area contributed by atoms with Crippen molar-refractivity contribution in [1.82, 2.24) is 25.8 Å². The van der Waals surface area contributed by atoms with Crippen molar-refractivity contribution >= 4 is 34.8 Å². The van der Waals surface area contributed by atoms with Crippen LogP contribution in [-0.4, -0.2) is 48.4 Å². The molecule has 1 amide bonds. The van der Waals surface area contributed by atoms with Gasteiger partial charge in [-0.15, -0.1) is 0 Å². The Morgan fingerprint density at radius 2 is 1.84 bits per heavy atom. The zero-order chi connectivity index (χ0) is 22.0. The minimum atomic E-state index is 0.138. The fraction of sp³-hybridized carbons (Fsp3) is 0.435. The third-order valence-corrected chi connectivity index (χ3v) is 6.45. The van der Waals surface area contributed by atoms with Crippen molar-refractivity contribution in [3.05, 3.63) is 63.3 Å². The molecule has 0 spiro atoms. The summed E-state index contributed by atoms with van der Waals surface area (Å²) in [5.74, 6) is 0.719. The Hall–Kier alpha value is -2.15. The summed E-state index contributed by atoms with van der Waals surface area (Å²) >= 11 is 12.8. The molecule has 2 heterocycles. The summed E-state index contributed by atoms with van der Waals surface area (Å²) in [6.45, 7) is 7.55. The van der Waals surface area contributed by atoms with Crippen LogP contribution in [0.3, 0.4) is 0 Å². The molecule has 2 fully saturated rings. The van der Waals surface area contributed by atoms with Gasteiger partial charge in [0.15, 0.2) is 0 Å². The first-order valence-electron chi connectivity index (χ1n) is 10.7. The maximum absolute atomic E-state index is 11.7. The Bertz CT molecular complexity index is 943. The van der Waals surface area contributed by atoms with E-state index in [0.29, 0.717) is 16.0 Å². The van der Waals surface area contributed by atoms with Gasteiger partial charge in [0.05, 0.1) is 16.4 Å². The van der Waals surface area contributed by atoms with Crippen LogP contribution in [0.1, 0.15) is 32.3 Å². The van der Waals surface area contributed by atoms with E-state index in [2.05, 4.69) is 27.1 Å². The van der Waals surface area contributed by atoms with Crippen LogP contribution >= 0.6 is 23.2 Å². The summed E-state index contributed by atoms with van der Waals surface area (Å²) in [5, 5.41) is 11.8. The summed E-state index contributed by atoms with van der Waals surface area (Å²) in [4.78, 5) is 16.0. The van der Waals surface area contributed by atoms with Gasteiger partial charge in [-0.3, -0.25) is 9.69 Å². The van der Waals surface area contributed by atoms with Crippen LogP contribution in [0, 0.1) is 5.92 Å². The van der Waals surface area contributed by atoms with E-state index in [4.69, 9.17) is 23.2 Å². The van der Waals surface area contributed by atoms with Crippen LogP contribution in [0.2, 0.25) is 10.0 Å². The first kappa shape index (κ1) is 22.1. The molecule has 1 saturated carbocycles. The fourth-order valence-corrected chi connectivity index (χ4v) is 4.40. The lowest BCUT2D eigenvalue weighted by Gasteiger charge is -2.35. The molecular formula is C23H29Cl2N5O. The molecule has 31 heavy (non-hydrogen) atoms. The smallest absolute Gasteiger partial charge is 0.219 e. The number of carbonyl (C=O) groups excluding carboxylic acids is 1. The van der Waals surface area contributed by atoms with E-state index in [1.54, 1.807) is 13.0 Å². The zero-order valence-electron chi connectivity index (χ0n) is 18.0. The lowest BCUT2D eigenvalue weighted by Crippen LogP contribution is -2.49. The van der Waals surface area contributed by atoms with Crippen molar-refractivity contribution in [2.24, 2.45) is 5.92 Å². The summed E-state index contributed by atoms with van der Waals surface area (Å²) in [5.41, 5.74) is 5.06. The van der Waals surface area contributed by atoms with Gasteiger partial charge in [-0.25, -0.2) is 0 Å². The van der Waals surface area contributed by atoms with E-state index < -0.39 is 0 Å². The number of hydrogen-bond donors (Lipinski definition) is 3.